The van der Waals surface area contributed by atoms with E-state index in [1.807, 2.05) is 0 Å². The van der Waals surface area contributed by atoms with Gasteiger partial charge in [0.1, 0.15) is 5.75 Å². The molecule has 1 amide bonds. The molecule has 0 saturated heterocycles. The number of nitrogen functional groups attached to an aromatic ring is 1. The number of amides is 1. The summed E-state index contributed by atoms with van der Waals surface area (Å²) in [5.74, 6) is 1.05. The van der Waals surface area contributed by atoms with Gasteiger partial charge in [-0.25, -0.2) is 0 Å². The van der Waals surface area contributed by atoms with Crippen LogP contribution in [0.2, 0.25) is 0 Å². The Balaban J connectivity index is 2.26. The normalized spacial score (nSPS) is 11.9. The Morgan fingerprint density at radius 1 is 1.41 bits per heavy atom. The van der Waals surface area contributed by atoms with Gasteiger partial charge in [0.2, 0.25) is 0 Å². The highest BCUT2D eigenvalue weighted by Crippen LogP contribution is 2.12. The van der Waals surface area contributed by atoms with Gasteiger partial charge in [0, 0.05) is 12.2 Å². The number of rotatable bonds is 6. The summed E-state index contributed by atoms with van der Waals surface area (Å²) >= 11 is 0. The van der Waals surface area contributed by atoms with Gasteiger partial charge in [0.05, 0.1) is 0 Å². The largest absolute Gasteiger partial charge is 0.484 e. The van der Waals surface area contributed by atoms with Crippen LogP contribution in [0.15, 0.2) is 24.3 Å². The smallest absolute Gasteiger partial charge is 0.257 e. The highest BCUT2D eigenvalue weighted by Gasteiger charge is 2.04. The summed E-state index contributed by atoms with van der Waals surface area (Å²) in [4.78, 5) is 11.4. The lowest BCUT2D eigenvalue weighted by molar-refractivity contribution is -0.123. The van der Waals surface area contributed by atoms with E-state index in [9.17, 15) is 4.79 Å². The molecule has 0 heterocycles. The molecule has 1 unspecified atom stereocenters. The number of nitrogens with one attached hydrogen (secondary N) is 1. The van der Waals surface area contributed by atoms with E-state index < -0.39 is 0 Å². The van der Waals surface area contributed by atoms with Gasteiger partial charge in [-0.2, -0.15) is 0 Å². The van der Waals surface area contributed by atoms with Gasteiger partial charge >= 0.3 is 0 Å². The van der Waals surface area contributed by atoms with Crippen LogP contribution in [0, 0.1) is 5.92 Å². The maximum Gasteiger partial charge on any atom is 0.257 e. The molecule has 0 saturated carbocycles. The summed E-state index contributed by atoms with van der Waals surface area (Å²) in [6.07, 6.45) is 1.05. The number of benzene rings is 1. The molecule has 0 radical (unpaired) electrons. The highest BCUT2D eigenvalue weighted by atomic mass is 16.5. The Bertz CT molecular complexity index is 349. The summed E-state index contributed by atoms with van der Waals surface area (Å²) in [6, 6.07) is 6.98. The molecular formula is C13H20N2O2. The predicted molar refractivity (Wildman–Crippen MR) is 68.8 cm³/mol. The van der Waals surface area contributed by atoms with E-state index >= 15 is 0 Å². The van der Waals surface area contributed by atoms with Crippen molar-refractivity contribution in [3.63, 3.8) is 0 Å². The zero-order chi connectivity index (χ0) is 12.7. The molecule has 4 heteroatoms. The monoisotopic (exact) mass is 236 g/mol. The molecule has 1 atom stereocenters. The second kappa shape index (κ2) is 6.78. The highest BCUT2D eigenvalue weighted by molar-refractivity contribution is 5.77. The van der Waals surface area contributed by atoms with Crippen molar-refractivity contribution in [1.82, 2.24) is 5.32 Å². The standard InChI is InChI=1S/C13H20N2O2/c1-3-10(2)8-15-13(16)9-17-12-6-4-11(14)5-7-12/h4-7,10H,3,8-9,14H2,1-2H3,(H,15,16). The Morgan fingerprint density at radius 2 is 2.06 bits per heavy atom. The first-order chi connectivity index (χ1) is 8.11. The van der Waals surface area contributed by atoms with Gasteiger partial charge in [-0.15, -0.1) is 0 Å². The van der Waals surface area contributed by atoms with Gasteiger partial charge in [-0.05, 0) is 30.2 Å². The lowest BCUT2D eigenvalue weighted by atomic mass is 10.1. The molecule has 0 aliphatic heterocycles. The summed E-state index contributed by atoms with van der Waals surface area (Å²) in [5.41, 5.74) is 6.22. The second-order valence-electron chi connectivity index (χ2n) is 4.18. The predicted octanol–water partition coefficient (Wildman–Crippen LogP) is 1.81. The molecule has 3 N–H and O–H groups in total. The molecule has 0 fully saturated rings. The molecule has 1 rings (SSSR count). The maximum absolute atomic E-state index is 11.4. The molecule has 4 nitrogen and oxygen atoms in total. The quantitative estimate of drug-likeness (QED) is 0.740. The van der Waals surface area contributed by atoms with Crippen molar-refractivity contribution < 1.29 is 9.53 Å². The average molecular weight is 236 g/mol. The lowest BCUT2D eigenvalue weighted by Crippen LogP contribution is -2.32. The third kappa shape index (κ3) is 5.24. The lowest BCUT2D eigenvalue weighted by Gasteiger charge is -2.10. The van der Waals surface area contributed by atoms with E-state index in [4.69, 9.17) is 10.5 Å². The third-order valence-corrected chi connectivity index (χ3v) is 2.59. The molecule has 0 aliphatic carbocycles. The third-order valence-electron chi connectivity index (χ3n) is 2.59. The van der Waals surface area contributed by atoms with Crippen LogP contribution in [0.4, 0.5) is 5.69 Å². The van der Waals surface area contributed by atoms with Crippen molar-refractivity contribution in [3.8, 4) is 5.75 Å². The van der Waals surface area contributed by atoms with Crippen LogP contribution in [0.25, 0.3) is 0 Å². The first kappa shape index (κ1) is 13.4. The average Bonchev–Trinajstić information content (AvgIpc) is 2.35. The first-order valence-electron chi connectivity index (χ1n) is 5.87. The fourth-order valence-corrected chi connectivity index (χ4v) is 1.20. The molecule has 17 heavy (non-hydrogen) atoms. The van der Waals surface area contributed by atoms with E-state index in [1.54, 1.807) is 24.3 Å². The first-order valence-corrected chi connectivity index (χ1v) is 5.87. The van der Waals surface area contributed by atoms with E-state index in [1.165, 1.54) is 0 Å². The summed E-state index contributed by atoms with van der Waals surface area (Å²) in [5, 5.41) is 2.83. The van der Waals surface area contributed by atoms with Gasteiger partial charge < -0.3 is 15.8 Å². The minimum Gasteiger partial charge on any atom is -0.484 e. The van der Waals surface area contributed by atoms with Crippen LogP contribution >= 0.6 is 0 Å². The van der Waals surface area contributed by atoms with Crippen molar-refractivity contribution in [2.24, 2.45) is 5.92 Å². The molecular weight excluding hydrogens is 216 g/mol. The van der Waals surface area contributed by atoms with Crippen molar-refractivity contribution in [1.29, 1.82) is 0 Å². The molecule has 0 aliphatic rings. The minimum absolute atomic E-state index is 0.0420. The van der Waals surface area contributed by atoms with Crippen molar-refractivity contribution in [3.05, 3.63) is 24.3 Å². The fourth-order valence-electron chi connectivity index (χ4n) is 1.20. The summed E-state index contributed by atoms with van der Waals surface area (Å²) < 4.78 is 5.32. The van der Waals surface area contributed by atoms with Crippen molar-refractivity contribution >= 4 is 11.6 Å². The summed E-state index contributed by atoms with van der Waals surface area (Å²) in [6.45, 7) is 4.93. The molecule has 1 aromatic carbocycles. The number of carbonyl (C=O) groups excluding carboxylic acids is 1. The molecule has 0 bridgehead atoms. The van der Waals surface area contributed by atoms with Gasteiger partial charge in [0.25, 0.3) is 5.91 Å². The maximum atomic E-state index is 11.4. The SMILES string of the molecule is CCC(C)CNC(=O)COc1ccc(N)cc1. The molecule has 0 spiro atoms. The molecule has 1 aromatic rings. The van der Waals surface area contributed by atoms with E-state index in [0.717, 1.165) is 6.42 Å². The van der Waals surface area contributed by atoms with Gasteiger partial charge in [0.15, 0.2) is 6.61 Å². The second-order valence-corrected chi connectivity index (χ2v) is 4.18. The van der Waals surface area contributed by atoms with Crippen LogP contribution in [0.3, 0.4) is 0 Å². The number of anilines is 1. The topological polar surface area (TPSA) is 64.3 Å². The zero-order valence-electron chi connectivity index (χ0n) is 10.4. The fraction of sp³-hybridized carbons (Fsp3) is 0.462. The van der Waals surface area contributed by atoms with Gasteiger partial charge in [-0.1, -0.05) is 20.3 Å². The van der Waals surface area contributed by atoms with E-state index in [-0.39, 0.29) is 12.5 Å². The Labute approximate surface area is 102 Å². The zero-order valence-corrected chi connectivity index (χ0v) is 10.4. The summed E-state index contributed by atoms with van der Waals surface area (Å²) in [7, 11) is 0. The Hall–Kier alpha value is -1.71. The minimum atomic E-state index is -0.0953. The van der Waals surface area contributed by atoms with Gasteiger partial charge in [-0.3, -0.25) is 4.79 Å². The molecule has 94 valence electrons. The Morgan fingerprint density at radius 3 is 2.65 bits per heavy atom. The number of hydrogen-bond acceptors (Lipinski definition) is 3. The van der Waals surface area contributed by atoms with E-state index in [0.29, 0.717) is 23.9 Å². The number of ether oxygens (including phenoxy) is 1. The van der Waals surface area contributed by atoms with Crippen molar-refractivity contribution in [2.75, 3.05) is 18.9 Å². The van der Waals surface area contributed by atoms with Crippen molar-refractivity contribution in [2.45, 2.75) is 20.3 Å². The van der Waals surface area contributed by atoms with Crippen LogP contribution in [0.1, 0.15) is 20.3 Å². The number of carbonyl (C=O) groups is 1. The number of nitrogens with two attached hydrogens (primary N) is 1. The van der Waals surface area contributed by atoms with Crippen LogP contribution in [0.5, 0.6) is 5.75 Å². The van der Waals surface area contributed by atoms with Crippen LogP contribution in [-0.2, 0) is 4.79 Å². The van der Waals surface area contributed by atoms with E-state index in [2.05, 4.69) is 19.2 Å². The Kier molecular flexibility index (Phi) is 5.33. The van der Waals surface area contributed by atoms with Crippen LogP contribution < -0.4 is 15.8 Å². The number of hydrogen-bond donors (Lipinski definition) is 2. The van der Waals surface area contributed by atoms with Crippen LogP contribution in [-0.4, -0.2) is 19.1 Å². The molecule has 0 aromatic heterocycles.